The Hall–Kier alpha value is -3.00. The van der Waals surface area contributed by atoms with Crippen LogP contribution in [0.1, 0.15) is 5.82 Å². The van der Waals surface area contributed by atoms with Crippen LogP contribution in [0.15, 0.2) is 46.8 Å². The Balaban J connectivity index is 1.70. The molecule has 4 rings (SSSR count). The third kappa shape index (κ3) is 2.37. The van der Waals surface area contributed by atoms with Gasteiger partial charge in [-0.1, -0.05) is 0 Å². The normalized spacial score (nSPS) is 11.2. The number of nitrogens with zero attached hydrogens (tertiary/aromatic N) is 4. The number of pyridine rings is 1. The molecule has 0 aliphatic rings. The Labute approximate surface area is 140 Å². The molecule has 0 bridgehead atoms. The van der Waals surface area contributed by atoms with E-state index in [1.54, 1.807) is 35.9 Å². The summed E-state index contributed by atoms with van der Waals surface area (Å²) in [5, 5.41) is 8.98. The van der Waals surface area contributed by atoms with E-state index in [0.29, 0.717) is 17.0 Å². The Morgan fingerprint density at radius 2 is 2.04 bits per heavy atom. The van der Waals surface area contributed by atoms with Gasteiger partial charge in [-0.25, -0.2) is 4.68 Å². The van der Waals surface area contributed by atoms with Crippen molar-refractivity contribution in [1.82, 2.24) is 19.2 Å². The molecular weight excluding hydrogens is 326 g/mol. The maximum absolute atomic E-state index is 12.6. The van der Waals surface area contributed by atoms with Gasteiger partial charge in [0, 0.05) is 18.1 Å². The summed E-state index contributed by atoms with van der Waals surface area (Å²) in [4.78, 5) is 28.7. The number of hydrogen-bond acceptors (Lipinski definition) is 5. The highest BCUT2D eigenvalue weighted by Gasteiger charge is 2.14. The van der Waals surface area contributed by atoms with Gasteiger partial charge < -0.3 is 5.32 Å². The number of aromatic nitrogens is 4. The lowest BCUT2D eigenvalue weighted by Gasteiger charge is -2.09. The summed E-state index contributed by atoms with van der Waals surface area (Å²) < 4.78 is 4.05. The molecule has 0 aliphatic carbocycles. The number of hydrogen-bond donors (Lipinski definition) is 1. The SMILES string of the molecule is Cc1nn(CC(=O)Nc2ccncc2)c(=O)c2cc3sccc3n12. The first kappa shape index (κ1) is 14.6. The van der Waals surface area contributed by atoms with Crippen LogP contribution in [-0.2, 0) is 11.3 Å². The molecule has 0 saturated carbocycles. The number of aryl methyl sites for hydroxylation is 1. The van der Waals surface area contributed by atoms with Crippen LogP contribution in [0.25, 0.3) is 15.7 Å². The number of anilines is 1. The summed E-state index contributed by atoms with van der Waals surface area (Å²) in [5.74, 6) is 0.350. The number of amides is 1. The van der Waals surface area contributed by atoms with E-state index in [4.69, 9.17) is 0 Å². The number of carbonyl (C=O) groups excluding carboxylic acids is 1. The van der Waals surface area contributed by atoms with Gasteiger partial charge in [0.05, 0.1) is 10.2 Å². The molecule has 0 unspecified atom stereocenters. The first-order chi connectivity index (χ1) is 11.6. The molecule has 4 aromatic rings. The van der Waals surface area contributed by atoms with E-state index in [1.807, 2.05) is 28.8 Å². The lowest BCUT2D eigenvalue weighted by Crippen LogP contribution is -2.31. The summed E-state index contributed by atoms with van der Waals surface area (Å²) in [5.41, 5.74) is 1.84. The third-order valence-corrected chi connectivity index (χ3v) is 4.58. The van der Waals surface area contributed by atoms with Gasteiger partial charge in [-0.2, -0.15) is 5.10 Å². The largest absolute Gasteiger partial charge is 0.324 e. The van der Waals surface area contributed by atoms with E-state index in [0.717, 1.165) is 10.2 Å². The topological polar surface area (TPSA) is 81.3 Å². The monoisotopic (exact) mass is 339 g/mol. The molecule has 24 heavy (non-hydrogen) atoms. The third-order valence-electron chi connectivity index (χ3n) is 3.72. The highest BCUT2D eigenvalue weighted by Crippen LogP contribution is 2.24. The van der Waals surface area contributed by atoms with E-state index in [-0.39, 0.29) is 18.0 Å². The zero-order valence-corrected chi connectivity index (χ0v) is 13.6. The summed E-state index contributed by atoms with van der Waals surface area (Å²) in [6, 6.07) is 7.17. The fourth-order valence-electron chi connectivity index (χ4n) is 2.71. The standard InChI is InChI=1S/C16H13N5O2S/c1-10-19-20(9-15(22)18-11-2-5-17-6-3-11)16(23)13-8-14-12(21(10)13)4-7-24-14/h2-8H,9H2,1H3,(H,17,18,22). The van der Waals surface area contributed by atoms with Crippen molar-refractivity contribution in [3.8, 4) is 0 Å². The molecule has 1 amide bonds. The molecule has 0 aromatic carbocycles. The summed E-state index contributed by atoms with van der Waals surface area (Å²) >= 11 is 1.57. The maximum atomic E-state index is 12.6. The Morgan fingerprint density at radius 1 is 1.25 bits per heavy atom. The second kappa shape index (κ2) is 5.57. The van der Waals surface area contributed by atoms with E-state index in [1.165, 1.54) is 4.68 Å². The quantitative estimate of drug-likeness (QED) is 0.619. The van der Waals surface area contributed by atoms with Gasteiger partial charge in [0.2, 0.25) is 5.91 Å². The van der Waals surface area contributed by atoms with Crippen molar-refractivity contribution in [1.29, 1.82) is 0 Å². The molecule has 0 saturated heterocycles. The van der Waals surface area contributed by atoms with Crippen LogP contribution < -0.4 is 10.9 Å². The van der Waals surface area contributed by atoms with Crippen LogP contribution in [0, 0.1) is 6.92 Å². The van der Waals surface area contributed by atoms with Gasteiger partial charge in [-0.15, -0.1) is 11.3 Å². The highest BCUT2D eigenvalue weighted by molar-refractivity contribution is 7.17. The van der Waals surface area contributed by atoms with Gasteiger partial charge in [-0.05, 0) is 36.6 Å². The predicted molar refractivity (Wildman–Crippen MR) is 92.4 cm³/mol. The summed E-state index contributed by atoms with van der Waals surface area (Å²) in [6.45, 7) is 1.68. The van der Waals surface area contributed by atoms with Crippen LogP contribution >= 0.6 is 11.3 Å². The number of carbonyl (C=O) groups is 1. The van der Waals surface area contributed by atoms with E-state index in [2.05, 4.69) is 15.4 Å². The minimum atomic E-state index is -0.312. The maximum Gasteiger partial charge on any atom is 0.291 e. The Bertz CT molecular complexity index is 1110. The Kier molecular flexibility index (Phi) is 3.39. The van der Waals surface area contributed by atoms with Gasteiger partial charge in [0.25, 0.3) is 5.56 Å². The second-order valence-electron chi connectivity index (χ2n) is 5.33. The fraction of sp³-hybridized carbons (Fsp3) is 0.125. The van der Waals surface area contributed by atoms with Crippen molar-refractivity contribution >= 4 is 38.7 Å². The zero-order valence-electron chi connectivity index (χ0n) is 12.8. The predicted octanol–water partition coefficient (Wildman–Crippen LogP) is 2.05. The lowest BCUT2D eigenvalue weighted by atomic mass is 10.4. The van der Waals surface area contributed by atoms with E-state index in [9.17, 15) is 9.59 Å². The van der Waals surface area contributed by atoms with Gasteiger partial charge in [0.15, 0.2) is 0 Å². The molecule has 4 aromatic heterocycles. The minimum Gasteiger partial charge on any atom is -0.324 e. The van der Waals surface area contributed by atoms with Crippen molar-refractivity contribution in [2.24, 2.45) is 0 Å². The lowest BCUT2D eigenvalue weighted by molar-refractivity contribution is -0.117. The molecule has 120 valence electrons. The van der Waals surface area contributed by atoms with Gasteiger partial charge >= 0.3 is 0 Å². The number of nitrogens with one attached hydrogen (secondary N) is 1. The number of rotatable bonds is 3. The molecule has 8 heteroatoms. The highest BCUT2D eigenvalue weighted by atomic mass is 32.1. The van der Waals surface area contributed by atoms with E-state index < -0.39 is 0 Å². The first-order valence-corrected chi connectivity index (χ1v) is 8.18. The minimum absolute atomic E-state index is 0.142. The molecule has 4 heterocycles. The second-order valence-corrected chi connectivity index (χ2v) is 6.28. The van der Waals surface area contributed by atoms with Crippen molar-refractivity contribution in [3.63, 3.8) is 0 Å². The van der Waals surface area contributed by atoms with Crippen LogP contribution in [0.2, 0.25) is 0 Å². The molecular formula is C16H13N5O2S. The Morgan fingerprint density at radius 3 is 2.83 bits per heavy atom. The van der Waals surface area contributed by atoms with Gasteiger partial charge in [0.1, 0.15) is 17.9 Å². The molecule has 0 fully saturated rings. The average molecular weight is 339 g/mol. The molecule has 1 N–H and O–H groups in total. The smallest absolute Gasteiger partial charge is 0.291 e. The van der Waals surface area contributed by atoms with Crippen LogP contribution in [0.3, 0.4) is 0 Å². The van der Waals surface area contributed by atoms with Crippen LogP contribution in [-0.4, -0.2) is 25.1 Å². The number of thiophene rings is 1. The molecule has 0 radical (unpaired) electrons. The van der Waals surface area contributed by atoms with E-state index >= 15 is 0 Å². The molecule has 0 aliphatic heterocycles. The average Bonchev–Trinajstić information content (AvgIpc) is 3.14. The van der Waals surface area contributed by atoms with Crippen molar-refractivity contribution < 1.29 is 4.79 Å². The fourth-order valence-corrected chi connectivity index (χ4v) is 3.51. The van der Waals surface area contributed by atoms with Crippen molar-refractivity contribution in [2.75, 3.05) is 5.32 Å². The number of fused-ring (bicyclic) bond motifs is 3. The molecule has 0 spiro atoms. The van der Waals surface area contributed by atoms with Crippen LogP contribution in [0.4, 0.5) is 5.69 Å². The first-order valence-electron chi connectivity index (χ1n) is 7.30. The van der Waals surface area contributed by atoms with Crippen molar-refractivity contribution in [3.05, 3.63) is 58.2 Å². The zero-order chi connectivity index (χ0) is 16.7. The summed E-state index contributed by atoms with van der Waals surface area (Å²) in [6.07, 6.45) is 3.17. The van der Waals surface area contributed by atoms with Crippen molar-refractivity contribution in [2.45, 2.75) is 13.5 Å². The molecule has 0 atom stereocenters. The van der Waals surface area contributed by atoms with Crippen LogP contribution in [0.5, 0.6) is 0 Å². The van der Waals surface area contributed by atoms with Gasteiger partial charge in [-0.3, -0.25) is 19.0 Å². The summed E-state index contributed by atoms with van der Waals surface area (Å²) in [7, 11) is 0. The molecule has 7 nitrogen and oxygen atoms in total.